The molecule has 1 saturated heterocycles. The van der Waals surface area contributed by atoms with Gasteiger partial charge in [-0.1, -0.05) is 42.0 Å². The van der Waals surface area contributed by atoms with Gasteiger partial charge >= 0.3 is 6.03 Å². The molecule has 1 aliphatic rings. The van der Waals surface area contributed by atoms with Crippen LogP contribution in [-0.4, -0.2) is 37.1 Å². The number of hydrogen-bond donors (Lipinski definition) is 1. The van der Waals surface area contributed by atoms with Crippen LogP contribution >= 0.6 is 15.9 Å². The van der Waals surface area contributed by atoms with Crippen molar-refractivity contribution in [3.63, 3.8) is 0 Å². The Morgan fingerprint density at radius 3 is 2.54 bits per heavy atom. The molecule has 1 aliphatic heterocycles. The molecule has 2 aromatic carbocycles. The molecule has 0 aliphatic carbocycles. The first-order chi connectivity index (χ1) is 11.6. The molecule has 24 heavy (non-hydrogen) atoms. The van der Waals surface area contributed by atoms with Crippen LogP contribution in [0.1, 0.15) is 11.1 Å². The number of piperazine rings is 1. The Balaban J connectivity index is 1.51. The van der Waals surface area contributed by atoms with E-state index in [2.05, 4.69) is 57.3 Å². The van der Waals surface area contributed by atoms with Gasteiger partial charge in [-0.3, -0.25) is 0 Å². The Labute approximate surface area is 151 Å². The van der Waals surface area contributed by atoms with Gasteiger partial charge in [0.2, 0.25) is 0 Å². The number of amides is 2. The first-order valence-electron chi connectivity index (χ1n) is 8.21. The summed E-state index contributed by atoms with van der Waals surface area (Å²) in [4.78, 5) is 16.6. The van der Waals surface area contributed by atoms with E-state index in [1.807, 2.05) is 29.2 Å². The lowest BCUT2D eigenvalue weighted by atomic mass is 10.1. The fourth-order valence-electron chi connectivity index (χ4n) is 2.97. The number of nitrogens with zero attached hydrogens (tertiary/aromatic N) is 2. The number of aryl methyl sites for hydroxylation is 1. The van der Waals surface area contributed by atoms with E-state index in [0.717, 1.165) is 36.2 Å². The Kier molecular flexibility index (Phi) is 5.41. The van der Waals surface area contributed by atoms with Gasteiger partial charge in [-0.25, -0.2) is 4.79 Å². The zero-order valence-electron chi connectivity index (χ0n) is 13.8. The van der Waals surface area contributed by atoms with Gasteiger partial charge in [0, 0.05) is 37.2 Å². The van der Waals surface area contributed by atoms with Gasteiger partial charge in [0.05, 0.1) is 5.69 Å². The number of anilines is 1. The Morgan fingerprint density at radius 2 is 1.83 bits per heavy atom. The molecule has 0 radical (unpaired) electrons. The van der Waals surface area contributed by atoms with Crippen molar-refractivity contribution in [1.82, 2.24) is 10.2 Å². The smallest absolute Gasteiger partial charge is 0.317 e. The lowest BCUT2D eigenvalue weighted by molar-refractivity contribution is 0.194. The highest BCUT2D eigenvalue weighted by atomic mass is 79.9. The zero-order chi connectivity index (χ0) is 16.9. The SMILES string of the molecule is Cc1cccc(CNC(=O)N2CCN(c3ccccc3Br)CC2)c1. The summed E-state index contributed by atoms with van der Waals surface area (Å²) in [6, 6.07) is 16.5. The molecule has 5 heteroatoms. The van der Waals surface area contributed by atoms with E-state index in [1.54, 1.807) is 0 Å². The maximum absolute atomic E-state index is 12.4. The van der Waals surface area contributed by atoms with Crippen LogP contribution in [0.5, 0.6) is 0 Å². The van der Waals surface area contributed by atoms with Gasteiger partial charge in [-0.15, -0.1) is 0 Å². The van der Waals surface area contributed by atoms with Crippen LogP contribution in [0.2, 0.25) is 0 Å². The molecule has 0 aromatic heterocycles. The predicted molar refractivity (Wildman–Crippen MR) is 101 cm³/mol. The molecule has 3 rings (SSSR count). The Morgan fingerprint density at radius 1 is 1.08 bits per heavy atom. The minimum Gasteiger partial charge on any atom is -0.367 e. The number of urea groups is 1. The summed E-state index contributed by atoms with van der Waals surface area (Å²) < 4.78 is 1.10. The van der Waals surface area contributed by atoms with Crippen LogP contribution < -0.4 is 10.2 Å². The third-order valence-corrected chi connectivity index (χ3v) is 4.96. The summed E-state index contributed by atoms with van der Waals surface area (Å²) >= 11 is 3.60. The molecule has 4 nitrogen and oxygen atoms in total. The average Bonchev–Trinajstić information content (AvgIpc) is 2.60. The summed E-state index contributed by atoms with van der Waals surface area (Å²) in [7, 11) is 0. The fourth-order valence-corrected chi connectivity index (χ4v) is 3.51. The van der Waals surface area contributed by atoms with Gasteiger partial charge in [0.15, 0.2) is 0 Å². The topological polar surface area (TPSA) is 35.6 Å². The fraction of sp³-hybridized carbons (Fsp3) is 0.316. The zero-order valence-corrected chi connectivity index (χ0v) is 15.4. The highest BCUT2D eigenvalue weighted by molar-refractivity contribution is 9.10. The minimum absolute atomic E-state index is 0.0169. The molecule has 1 heterocycles. The average molecular weight is 388 g/mol. The van der Waals surface area contributed by atoms with Crippen LogP contribution in [0.3, 0.4) is 0 Å². The summed E-state index contributed by atoms with van der Waals surface area (Å²) in [5.74, 6) is 0. The third kappa shape index (κ3) is 4.09. The minimum atomic E-state index is 0.0169. The highest BCUT2D eigenvalue weighted by Gasteiger charge is 2.21. The number of halogens is 1. The standard InChI is InChI=1S/C19H22BrN3O/c1-15-5-4-6-16(13-15)14-21-19(24)23-11-9-22(10-12-23)18-8-3-2-7-17(18)20/h2-8,13H,9-12,14H2,1H3,(H,21,24). The largest absolute Gasteiger partial charge is 0.367 e. The molecule has 0 atom stereocenters. The molecule has 1 N–H and O–H groups in total. The molecule has 0 spiro atoms. The van der Waals surface area contributed by atoms with Crippen LogP contribution in [0.15, 0.2) is 53.0 Å². The lowest BCUT2D eigenvalue weighted by Gasteiger charge is -2.36. The summed E-state index contributed by atoms with van der Waals surface area (Å²) in [6.07, 6.45) is 0. The lowest BCUT2D eigenvalue weighted by Crippen LogP contribution is -2.51. The quantitative estimate of drug-likeness (QED) is 0.869. The Bertz CT molecular complexity index is 711. The van der Waals surface area contributed by atoms with E-state index in [-0.39, 0.29) is 6.03 Å². The van der Waals surface area contributed by atoms with Crippen molar-refractivity contribution in [3.8, 4) is 0 Å². The molecular weight excluding hydrogens is 366 g/mol. The van der Waals surface area contributed by atoms with E-state index < -0.39 is 0 Å². The number of hydrogen-bond acceptors (Lipinski definition) is 2. The number of benzene rings is 2. The van der Waals surface area contributed by atoms with Gasteiger partial charge in [-0.2, -0.15) is 0 Å². The van der Waals surface area contributed by atoms with Gasteiger partial charge in [0.25, 0.3) is 0 Å². The predicted octanol–water partition coefficient (Wildman–Crippen LogP) is 3.79. The van der Waals surface area contributed by atoms with E-state index >= 15 is 0 Å². The van der Waals surface area contributed by atoms with E-state index in [0.29, 0.717) is 6.54 Å². The molecule has 2 aromatic rings. The number of para-hydroxylation sites is 1. The van der Waals surface area contributed by atoms with Crippen molar-refractivity contribution in [2.24, 2.45) is 0 Å². The number of carbonyl (C=O) groups is 1. The first-order valence-corrected chi connectivity index (χ1v) is 9.00. The van der Waals surface area contributed by atoms with Crippen molar-refractivity contribution >= 4 is 27.6 Å². The number of nitrogens with one attached hydrogen (secondary N) is 1. The van der Waals surface area contributed by atoms with Gasteiger partial charge in [-0.05, 0) is 40.5 Å². The molecule has 126 valence electrons. The highest BCUT2D eigenvalue weighted by Crippen LogP contribution is 2.26. The molecule has 2 amide bonds. The van der Waals surface area contributed by atoms with Crippen molar-refractivity contribution in [3.05, 3.63) is 64.1 Å². The maximum Gasteiger partial charge on any atom is 0.317 e. The summed E-state index contributed by atoms with van der Waals surface area (Å²) in [6.45, 7) is 5.81. The van der Waals surface area contributed by atoms with Crippen molar-refractivity contribution in [2.45, 2.75) is 13.5 Å². The second kappa shape index (κ2) is 7.71. The normalized spacial score (nSPS) is 14.6. The van der Waals surface area contributed by atoms with Crippen LogP contribution in [0, 0.1) is 6.92 Å². The Hall–Kier alpha value is -2.01. The third-order valence-electron chi connectivity index (χ3n) is 4.29. The van der Waals surface area contributed by atoms with E-state index in [1.165, 1.54) is 11.3 Å². The summed E-state index contributed by atoms with van der Waals surface area (Å²) in [5.41, 5.74) is 3.54. The molecule has 0 bridgehead atoms. The van der Waals surface area contributed by atoms with E-state index in [9.17, 15) is 4.79 Å². The molecule has 0 saturated carbocycles. The number of rotatable bonds is 3. The van der Waals surface area contributed by atoms with Crippen LogP contribution in [0.25, 0.3) is 0 Å². The van der Waals surface area contributed by atoms with Crippen molar-refractivity contribution in [2.75, 3.05) is 31.1 Å². The van der Waals surface area contributed by atoms with E-state index in [4.69, 9.17) is 0 Å². The van der Waals surface area contributed by atoms with Crippen LogP contribution in [0.4, 0.5) is 10.5 Å². The first kappa shape index (κ1) is 16.8. The van der Waals surface area contributed by atoms with Gasteiger partial charge < -0.3 is 15.1 Å². The summed E-state index contributed by atoms with van der Waals surface area (Å²) in [5, 5.41) is 3.02. The maximum atomic E-state index is 12.4. The second-order valence-corrected chi connectivity index (χ2v) is 6.93. The van der Waals surface area contributed by atoms with Gasteiger partial charge in [0.1, 0.15) is 0 Å². The molecular formula is C19H22BrN3O. The van der Waals surface area contributed by atoms with Crippen molar-refractivity contribution < 1.29 is 4.79 Å². The second-order valence-electron chi connectivity index (χ2n) is 6.07. The van der Waals surface area contributed by atoms with Crippen molar-refractivity contribution in [1.29, 1.82) is 0 Å². The molecule has 1 fully saturated rings. The molecule has 0 unspecified atom stereocenters. The van der Waals surface area contributed by atoms with Crippen LogP contribution in [-0.2, 0) is 6.54 Å². The number of carbonyl (C=O) groups excluding carboxylic acids is 1. The monoisotopic (exact) mass is 387 g/mol.